The van der Waals surface area contributed by atoms with E-state index >= 15 is 0 Å². The Morgan fingerprint density at radius 1 is 1.29 bits per heavy atom. The van der Waals surface area contributed by atoms with Crippen LogP contribution in [0.5, 0.6) is 5.75 Å². The van der Waals surface area contributed by atoms with Crippen molar-refractivity contribution < 1.29 is 9.53 Å². The number of benzene rings is 2. The second kappa shape index (κ2) is 9.97. The molecule has 6 heteroatoms. The van der Waals surface area contributed by atoms with Crippen molar-refractivity contribution in [3.05, 3.63) is 70.7 Å². The Labute approximate surface area is 176 Å². The third-order valence-corrected chi connectivity index (χ3v) is 5.34. The maximum atomic E-state index is 12.8. The van der Waals surface area contributed by atoms with Crippen LogP contribution in [0.25, 0.3) is 0 Å². The number of rotatable bonds is 7. The standard InChI is InChI=1S/C22H24Cl2N2O2/c1-2-11-28-20-7-3-6-19(13-20)25-22(27)17-5-4-10-26(15-17)14-16-8-9-18(23)12-21(16)24/h2-3,6-9,12-13,17H,1,4-5,10-11,14-15H2,(H,25,27). The van der Waals surface area contributed by atoms with E-state index in [1.54, 1.807) is 12.1 Å². The van der Waals surface area contributed by atoms with Gasteiger partial charge in [-0.3, -0.25) is 9.69 Å². The number of amides is 1. The first kappa shape index (κ1) is 20.7. The Balaban J connectivity index is 1.59. The molecular formula is C22H24Cl2N2O2. The summed E-state index contributed by atoms with van der Waals surface area (Å²) in [5, 5.41) is 4.31. The van der Waals surface area contributed by atoms with Crippen molar-refractivity contribution >= 4 is 34.8 Å². The molecule has 1 amide bonds. The summed E-state index contributed by atoms with van der Waals surface area (Å²) >= 11 is 12.3. The molecule has 1 heterocycles. The number of ether oxygens (including phenoxy) is 1. The zero-order valence-corrected chi connectivity index (χ0v) is 17.2. The van der Waals surface area contributed by atoms with E-state index in [1.165, 1.54) is 0 Å². The van der Waals surface area contributed by atoms with Gasteiger partial charge in [0.25, 0.3) is 0 Å². The van der Waals surface area contributed by atoms with Crippen LogP contribution in [-0.4, -0.2) is 30.5 Å². The molecule has 0 aromatic heterocycles. The number of carbonyl (C=O) groups is 1. The average molecular weight is 419 g/mol. The first-order valence-electron chi connectivity index (χ1n) is 9.36. The number of likely N-dealkylation sites (tertiary alicyclic amines) is 1. The predicted molar refractivity (Wildman–Crippen MR) is 115 cm³/mol. The van der Waals surface area contributed by atoms with Crippen molar-refractivity contribution in [3.63, 3.8) is 0 Å². The predicted octanol–water partition coefficient (Wildman–Crippen LogP) is 5.41. The number of hydrogen-bond donors (Lipinski definition) is 1. The van der Waals surface area contributed by atoms with E-state index in [1.807, 2.05) is 36.4 Å². The average Bonchev–Trinajstić information content (AvgIpc) is 2.69. The Morgan fingerprint density at radius 3 is 2.93 bits per heavy atom. The summed E-state index contributed by atoms with van der Waals surface area (Å²) in [7, 11) is 0. The van der Waals surface area contributed by atoms with Crippen LogP contribution in [0.1, 0.15) is 18.4 Å². The molecule has 3 rings (SSSR count). The van der Waals surface area contributed by atoms with Crippen molar-refractivity contribution in [1.82, 2.24) is 4.90 Å². The number of nitrogens with one attached hydrogen (secondary N) is 1. The Morgan fingerprint density at radius 2 is 2.14 bits per heavy atom. The second-order valence-corrected chi connectivity index (χ2v) is 7.77. The van der Waals surface area contributed by atoms with E-state index in [2.05, 4.69) is 16.8 Å². The summed E-state index contributed by atoms with van der Waals surface area (Å²) in [6.07, 6.45) is 3.55. The molecule has 0 saturated carbocycles. The molecule has 0 bridgehead atoms. The smallest absolute Gasteiger partial charge is 0.228 e. The van der Waals surface area contributed by atoms with Crippen LogP contribution in [0.15, 0.2) is 55.1 Å². The van der Waals surface area contributed by atoms with Crippen LogP contribution in [-0.2, 0) is 11.3 Å². The van der Waals surface area contributed by atoms with E-state index < -0.39 is 0 Å². The summed E-state index contributed by atoms with van der Waals surface area (Å²) in [4.78, 5) is 15.0. The third kappa shape index (κ3) is 5.74. The molecule has 1 aliphatic heterocycles. The van der Waals surface area contributed by atoms with E-state index in [4.69, 9.17) is 27.9 Å². The highest BCUT2D eigenvalue weighted by atomic mass is 35.5. The fourth-order valence-corrected chi connectivity index (χ4v) is 3.84. The van der Waals surface area contributed by atoms with Gasteiger partial charge in [0.05, 0.1) is 5.92 Å². The number of hydrogen-bond acceptors (Lipinski definition) is 3. The Hall–Kier alpha value is -2.01. The SMILES string of the molecule is C=CCOc1cccc(NC(=O)C2CCCN(Cc3ccc(Cl)cc3Cl)C2)c1. The molecular weight excluding hydrogens is 395 g/mol. The highest BCUT2D eigenvalue weighted by Gasteiger charge is 2.26. The second-order valence-electron chi connectivity index (χ2n) is 6.93. The zero-order valence-electron chi connectivity index (χ0n) is 15.7. The quantitative estimate of drug-likeness (QED) is 0.611. The Kier molecular flexibility index (Phi) is 7.37. The lowest BCUT2D eigenvalue weighted by Gasteiger charge is -2.32. The first-order chi connectivity index (χ1) is 13.5. The maximum Gasteiger partial charge on any atom is 0.228 e. The number of piperidine rings is 1. The van der Waals surface area contributed by atoms with E-state index in [0.29, 0.717) is 35.5 Å². The largest absolute Gasteiger partial charge is 0.489 e. The van der Waals surface area contributed by atoms with Crippen LogP contribution in [0, 0.1) is 5.92 Å². The monoisotopic (exact) mass is 418 g/mol. The van der Waals surface area contributed by atoms with Gasteiger partial charge in [-0.05, 0) is 49.2 Å². The van der Waals surface area contributed by atoms with Gasteiger partial charge < -0.3 is 10.1 Å². The maximum absolute atomic E-state index is 12.8. The molecule has 0 radical (unpaired) electrons. The fourth-order valence-electron chi connectivity index (χ4n) is 3.37. The molecule has 1 atom stereocenters. The third-order valence-electron chi connectivity index (χ3n) is 4.75. The molecule has 1 N–H and O–H groups in total. The van der Waals surface area contributed by atoms with Gasteiger partial charge >= 0.3 is 0 Å². The normalized spacial score (nSPS) is 17.1. The van der Waals surface area contributed by atoms with Gasteiger partial charge in [0.1, 0.15) is 12.4 Å². The van der Waals surface area contributed by atoms with Crippen molar-refractivity contribution in [2.75, 3.05) is 25.0 Å². The van der Waals surface area contributed by atoms with Crippen molar-refractivity contribution in [2.24, 2.45) is 5.92 Å². The number of halogens is 2. The van der Waals surface area contributed by atoms with Crippen LogP contribution >= 0.6 is 23.2 Å². The molecule has 148 valence electrons. The van der Waals surface area contributed by atoms with Gasteiger partial charge in [0.2, 0.25) is 5.91 Å². The van der Waals surface area contributed by atoms with Crippen molar-refractivity contribution in [3.8, 4) is 5.75 Å². The minimum Gasteiger partial charge on any atom is -0.489 e. The minimum absolute atomic E-state index is 0.0350. The Bertz CT molecular complexity index is 841. The zero-order chi connectivity index (χ0) is 19.9. The van der Waals surface area contributed by atoms with Crippen LogP contribution < -0.4 is 10.1 Å². The van der Waals surface area contributed by atoms with Crippen LogP contribution in [0.4, 0.5) is 5.69 Å². The molecule has 0 spiro atoms. The number of carbonyl (C=O) groups excluding carboxylic acids is 1. The van der Waals surface area contributed by atoms with Gasteiger partial charge in [-0.2, -0.15) is 0 Å². The van der Waals surface area contributed by atoms with E-state index in [-0.39, 0.29) is 11.8 Å². The molecule has 1 fully saturated rings. The van der Waals surface area contributed by atoms with Gasteiger partial charge in [0.15, 0.2) is 0 Å². The van der Waals surface area contributed by atoms with Gasteiger partial charge in [-0.15, -0.1) is 0 Å². The molecule has 4 nitrogen and oxygen atoms in total. The van der Waals surface area contributed by atoms with E-state index in [9.17, 15) is 4.79 Å². The topological polar surface area (TPSA) is 41.6 Å². The summed E-state index contributed by atoms with van der Waals surface area (Å²) in [6.45, 7) is 6.44. The molecule has 1 saturated heterocycles. The fraction of sp³-hybridized carbons (Fsp3) is 0.318. The summed E-state index contributed by atoms with van der Waals surface area (Å²) in [5.41, 5.74) is 1.77. The summed E-state index contributed by atoms with van der Waals surface area (Å²) < 4.78 is 5.53. The number of anilines is 1. The van der Waals surface area contributed by atoms with E-state index in [0.717, 1.165) is 30.6 Å². The lowest BCUT2D eigenvalue weighted by Crippen LogP contribution is -2.40. The first-order valence-corrected chi connectivity index (χ1v) is 10.1. The summed E-state index contributed by atoms with van der Waals surface area (Å²) in [5.74, 6) is 0.686. The van der Waals surface area contributed by atoms with Crippen molar-refractivity contribution in [1.29, 1.82) is 0 Å². The van der Waals surface area contributed by atoms with Crippen LogP contribution in [0.2, 0.25) is 10.0 Å². The van der Waals surface area contributed by atoms with Gasteiger partial charge in [0, 0.05) is 34.9 Å². The van der Waals surface area contributed by atoms with Crippen molar-refractivity contribution in [2.45, 2.75) is 19.4 Å². The summed E-state index contributed by atoms with van der Waals surface area (Å²) in [6, 6.07) is 13.0. The lowest BCUT2D eigenvalue weighted by atomic mass is 9.96. The number of nitrogens with zero attached hydrogens (tertiary/aromatic N) is 1. The highest BCUT2D eigenvalue weighted by molar-refractivity contribution is 6.35. The molecule has 2 aromatic carbocycles. The molecule has 28 heavy (non-hydrogen) atoms. The minimum atomic E-state index is -0.0578. The molecule has 1 aliphatic rings. The lowest BCUT2D eigenvalue weighted by molar-refractivity contribution is -0.121. The van der Waals surface area contributed by atoms with Gasteiger partial charge in [-0.25, -0.2) is 0 Å². The van der Waals surface area contributed by atoms with Gasteiger partial charge in [-0.1, -0.05) is 48.0 Å². The molecule has 0 aliphatic carbocycles. The highest BCUT2D eigenvalue weighted by Crippen LogP contribution is 2.26. The van der Waals surface area contributed by atoms with Crippen LogP contribution in [0.3, 0.4) is 0 Å². The molecule has 2 aromatic rings. The molecule has 1 unspecified atom stereocenters.